The van der Waals surface area contributed by atoms with Crippen LogP contribution in [0.4, 0.5) is 11.4 Å². The number of hydrazine groups is 1. The Bertz CT molecular complexity index is 1090. The minimum atomic E-state index is -0.377. The standard InChI is InChI=1S/C24H24N4O3S/c25-13-12-20(23(29)26-19-10-11-21-22(14-19)32-28-27-21)17-8-6-16(7-9-17)15-31-24(30)18-4-2-1-3-5-18/h1-11,14,20,27-28H,12-13,15,25H2,(H,26,29). The average Bonchev–Trinajstić information content (AvgIpc) is 3.30. The van der Waals surface area contributed by atoms with Crippen LogP contribution in [0.15, 0.2) is 77.7 Å². The van der Waals surface area contributed by atoms with Crippen LogP contribution in [-0.4, -0.2) is 18.4 Å². The molecule has 1 amide bonds. The predicted octanol–water partition coefficient (Wildman–Crippen LogP) is 4.05. The molecule has 3 aromatic carbocycles. The van der Waals surface area contributed by atoms with Crippen LogP contribution in [0.5, 0.6) is 0 Å². The van der Waals surface area contributed by atoms with Gasteiger partial charge < -0.3 is 21.2 Å². The number of benzene rings is 3. The molecule has 1 aliphatic rings. The molecule has 32 heavy (non-hydrogen) atoms. The van der Waals surface area contributed by atoms with Gasteiger partial charge in [-0.15, -0.1) is 0 Å². The van der Waals surface area contributed by atoms with Gasteiger partial charge in [-0.1, -0.05) is 42.5 Å². The first kappa shape index (κ1) is 21.9. The number of rotatable bonds is 8. The summed E-state index contributed by atoms with van der Waals surface area (Å²) >= 11 is 1.46. The molecule has 3 aromatic rings. The summed E-state index contributed by atoms with van der Waals surface area (Å²) in [4.78, 5) is 29.1. The number of fused-ring (bicyclic) bond motifs is 1. The van der Waals surface area contributed by atoms with Crippen LogP contribution in [0.2, 0.25) is 0 Å². The summed E-state index contributed by atoms with van der Waals surface area (Å²) in [5.41, 5.74) is 12.8. The van der Waals surface area contributed by atoms with Crippen LogP contribution >= 0.6 is 11.9 Å². The second-order valence-electron chi connectivity index (χ2n) is 7.34. The topological polar surface area (TPSA) is 105 Å². The van der Waals surface area contributed by atoms with E-state index in [0.717, 1.165) is 27.4 Å². The lowest BCUT2D eigenvalue weighted by Gasteiger charge is -2.17. The van der Waals surface area contributed by atoms with Crippen LogP contribution in [-0.2, 0) is 16.1 Å². The fourth-order valence-corrected chi connectivity index (χ4v) is 4.11. The van der Waals surface area contributed by atoms with Crippen LogP contribution in [0.3, 0.4) is 0 Å². The molecule has 0 radical (unpaired) electrons. The van der Waals surface area contributed by atoms with Crippen molar-refractivity contribution in [3.8, 4) is 0 Å². The van der Waals surface area contributed by atoms with E-state index in [2.05, 4.69) is 15.6 Å². The van der Waals surface area contributed by atoms with Crippen molar-refractivity contribution in [3.63, 3.8) is 0 Å². The number of carbonyl (C=O) groups is 2. The minimum Gasteiger partial charge on any atom is -0.457 e. The fourth-order valence-electron chi connectivity index (χ4n) is 3.42. The number of hydrogen-bond acceptors (Lipinski definition) is 7. The zero-order valence-electron chi connectivity index (χ0n) is 17.3. The fraction of sp³-hybridized carbons (Fsp3) is 0.167. The highest BCUT2D eigenvalue weighted by molar-refractivity contribution is 7.98. The number of anilines is 2. The molecule has 0 bridgehead atoms. The molecule has 1 heterocycles. The van der Waals surface area contributed by atoms with E-state index < -0.39 is 0 Å². The molecule has 164 valence electrons. The summed E-state index contributed by atoms with van der Waals surface area (Å²) in [5.74, 6) is -0.853. The lowest BCUT2D eigenvalue weighted by atomic mass is 9.94. The first-order valence-electron chi connectivity index (χ1n) is 10.3. The molecule has 4 rings (SSSR count). The van der Waals surface area contributed by atoms with Gasteiger partial charge in [0.15, 0.2) is 0 Å². The van der Waals surface area contributed by atoms with E-state index in [0.29, 0.717) is 18.5 Å². The Labute approximate surface area is 190 Å². The Hall–Kier alpha value is -3.33. The Balaban J connectivity index is 1.39. The van der Waals surface area contributed by atoms with E-state index in [1.165, 1.54) is 11.9 Å². The zero-order chi connectivity index (χ0) is 22.3. The van der Waals surface area contributed by atoms with Gasteiger partial charge in [0.2, 0.25) is 5.91 Å². The summed E-state index contributed by atoms with van der Waals surface area (Å²) in [6.45, 7) is 0.555. The molecular formula is C24H24N4O3S. The molecule has 8 heteroatoms. The molecule has 0 saturated heterocycles. The van der Waals surface area contributed by atoms with Gasteiger partial charge in [0.1, 0.15) is 6.61 Å². The molecule has 0 saturated carbocycles. The number of amides is 1. The van der Waals surface area contributed by atoms with Gasteiger partial charge in [0.05, 0.1) is 22.1 Å². The number of ether oxygens (including phenoxy) is 1. The average molecular weight is 449 g/mol. The first-order valence-corrected chi connectivity index (χ1v) is 11.1. The lowest BCUT2D eigenvalue weighted by Crippen LogP contribution is -2.23. The van der Waals surface area contributed by atoms with Crippen LogP contribution in [0.1, 0.15) is 33.8 Å². The van der Waals surface area contributed by atoms with E-state index in [1.807, 2.05) is 48.5 Å². The van der Waals surface area contributed by atoms with Crippen LogP contribution in [0.25, 0.3) is 0 Å². The minimum absolute atomic E-state index is 0.109. The highest BCUT2D eigenvalue weighted by Gasteiger charge is 2.21. The molecule has 0 aliphatic carbocycles. The van der Waals surface area contributed by atoms with Crippen molar-refractivity contribution in [2.45, 2.75) is 23.8 Å². The first-order chi connectivity index (χ1) is 15.6. The molecule has 0 fully saturated rings. The SMILES string of the molecule is NCCC(C(=O)Nc1ccc2c(c1)SNN2)c1ccc(COC(=O)c2ccccc2)cc1. The van der Waals surface area contributed by atoms with Crippen LogP contribution in [0, 0.1) is 0 Å². The van der Waals surface area contributed by atoms with Gasteiger partial charge in [-0.3, -0.25) is 4.79 Å². The van der Waals surface area contributed by atoms with E-state index in [9.17, 15) is 9.59 Å². The van der Waals surface area contributed by atoms with Crippen molar-refractivity contribution in [1.29, 1.82) is 0 Å². The maximum Gasteiger partial charge on any atom is 0.338 e. The van der Waals surface area contributed by atoms with Crippen molar-refractivity contribution in [2.75, 3.05) is 17.3 Å². The number of hydrogen-bond donors (Lipinski definition) is 4. The smallest absolute Gasteiger partial charge is 0.338 e. The van der Waals surface area contributed by atoms with E-state index in [1.54, 1.807) is 24.3 Å². The Morgan fingerprint density at radius 1 is 1.03 bits per heavy atom. The van der Waals surface area contributed by atoms with Gasteiger partial charge in [-0.25, -0.2) is 4.79 Å². The van der Waals surface area contributed by atoms with E-state index >= 15 is 0 Å². The molecule has 1 atom stereocenters. The molecular weight excluding hydrogens is 424 g/mol. The zero-order valence-corrected chi connectivity index (χ0v) is 18.2. The third kappa shape index (κ3) is 5.28. The normalized spacial score (nSPS) is 13.0. The summed E-state index contributed by atoms with van der Waals surface area (Å²) < 4.78 is 5.37. The number of nitrogens with one attached hydrogen (secondary N) is 3. The van der Waals surface area contributed by atoms with Crippen molar-refractivity contribution >= 4 is 35.2 Å². The monoisotopic (exact) mass is 448 g/mol. The quantitative estimate of drug-likeness (QED) is 0.304. The highest BCUT2D eigenvalue weighted by Crippen LogP contribution is 2.33. The van der Waals surface area contributed by atoms with Crippen molar-refractivity contribution in [3.05, 3.63) is 89.5 Å². The van der Waals surface area contributed by atoms with Crippen LogP contribution < -0.4 is 21.3 Å². The number of esters is 1. The summed E-state index contributed by atoms with van der Waals surface area (Å²) in [5, 5.41) is 3.00. The third-order valence-corrected chi connectivity index (χ3v) is 5.89. The van der Waals surface area contributed by atoms with Crippen molar-refractivity contribution < 1.29 is 14.3 Å². The van der Waals surface area contributed by atoms with E-state index in [-0.39, 0.29) is 24.4 Å². The Morgan fingerprint density at radius 2 is 1.81 bits per heavy atom. The van der Waals surface area contributed by atoms with Crippen molar-refractivity contribution in [1.82, 2.24) is 4.83 Å². The molecule has 7 nitrogen and oxygen atoms in total. The molecule has 0 aromatic heterocycles. The van der Waals surface area contributed by atoms with Crippen molar-refractivity contribution in [2.24, 2.45) is 5.73 Å². The summed E-state index contributed by atoms with van der Waals surface area (Å²) in [6, 6.07) is 22.1. The molecule has 5 N–H and O–H groups in total. The van der Waals surface area contributed by atoms with Gasteiger partial charge in [0.25, 0.3) is 0 Å². The Kier molecular flexibility index (Phi) is 7.06. The summed E-state index contributed by atoms with van der Waals surface area (Å²) in [7, 11) is 0. The third-order valence-electron chi connectivity index (χ3n) is 5.13. The van der Waals surface area contributed by atoms with Gasteiger partial charge in [0, 0.05) is 5.69 Å². The lowest BCUT2D eigenvalue weighted by molar-refractivity contribution is -0.117. The Morgan fingerprint density at radius 3 is 2.56 bits per heavy atom. The highest BCUT2D eigenvalue weighted by atomic mass is 32.2. The summed E-state index contributed by atoms with van der Waals surface area (Å²) in [6.07, 6.45) is 0.525. The number of carbonyl (C=O) groups excluding carboxylic acids is 2. The second kappa shape index (κ2) is 10.3. The molecule has 1 aliphatic heterocycles. The van der Waals surface area contributed by atoms with Gasteiger partial charge in [-0.05, 0) is 66.4 Å². The maximum atomic E-state index is 13.0. The molecule has 1 unspecified atom stereocenters. The van der Waals surface area contributed by atoms with E-state index in [4.69, 9.17) is 10.5 Å². The largest absolute Gasteiger partial charge is 0.457 e. The predicted molar refractivity (Wildman–Crippen MR) is 126 cm³/mol. The van der Waals surface area contributed by atoms with Gasteiger partial charge in [-0.2, -0.15) is 4.83 Å². The van der Waals surface area contributed by atoms with Gasteiger partial charge >= 0.3 is 5.97 Å². The number of nitrogens with two attached hydrogens (primary N) is 1. The second-order valence-corrected chi connectivity index (χ2v) is 8.19. The molecule has 0 spiro atoms. The maximum absolute atomic E-state index is 13.0.